The van der Waals surface area contributed by atoms with Crippen molar-refractivity contribution in [3.05, 3.63) is 23.8 Å². The van der Waals surface area contributed by atoms with Crippen LogP contribution in [0.4, 0.5) is 0 Å². The van der Waals surface area contributed by atoms with Crippen LogP contribution in [-0.4, -0.2) is 43.5 Å². The van der Waals surface area contributed by atoms with Crippen LogP contribution < -0.4 is 9.47 Å². The Kier molecular flexibility index (Phi) is 4.74. The monoisotopic (exact) mass is 270 g/mol. The lowest BCUT2D eigenvalue weighted by atomic mass is 10.0. The third-order valence-corrected chi connectivity index (χ3v) is 3.97. The van der Waals surface area contributed by atoms with Gasteiger partial charge in [-0.2, -0.15) is 11.8 Å². The molecule has 0 spiro atoms. The van der Waals surface area contributed by atoms with Gasteiger partial charge in [-0.15, -0.1) is 0 Å². The van der Waals surface area contributed by atoms with Gasteiger partial charge in [0.2, 0.25) is 0 Å². The van der Waals surface area contributed by atoms with Crippen molar-refractivity contribution in [2.45, 2.75) is 12.2 Å². The number of benzene rings is 1. The fourth-order valence-electron chi connectivity index (χ4n) is 1.96. The number of ether oxygens (including phenoxy) is 3. The standard InChI is InChI=1S/C13H18O4S/c1-15-9-3-4-11(16-2)10(7-9)13(14)12-8-18-6-5-17-12/h3-4,7,12-14H,5-6,8H2,1-2H3. The van der Waals surface area contributed by atoms with Gasteiger partial charge in [-0.05, 0) is 18.2 Å². The summed E-state index contributed by atoms with van der Waals surface area (Å²) in [6.07, 6.45) is -0.882. The molecule has 1 aromatic carbocycles. The predicted molar refractivity (Wildman–Crippen MR) is 71.6 cm³/mol. The summed E-state index contributed by atoms with van der Waals surface area (Å²) in [5.74, 6) is 3.13. The van der Waals surface area contributed by atoms with Gasteiger partial charge < -0.3 is 19.3 Å². The van der Waals surface area contributed by atoms with Crippen molar-refractivity contribution in [2.24, 2.45) is 0 Å². The van der Waals surface area contributed by atoms with Gasteiger partial charge in [0.05, 0.1) is 26.9 Å². The number of methoxy groups -OCH3 is 2. The van der Waals surface area contributed by atoms with Gasteiger partial charge in [0.25, 0.3) is 0 Å². The molecule has 2 unspecified atom stereocenters. The molecular weight excluding hydrogens is 252 g/mol. The minimum Gasteiger partial charge on any atom is -0.497 e. The average Bonchev–Trinajstić information content (AvgIpc) is 2.46. The van der Waals surface area contributed by atoms with E-state index < -0.39 is 6.10 Å². The van der Waals surface area contributed by atoms with Crippen LogP contribution in [0.15, 0.2) is 18.2 Å². The zero-order valence-corrected chi connectivity index (χ0v) is 11.4. The Morgan fingerprint density at radius 1 is 1.39 bits per heavy atom. The highest BCUT2D eigenvalue weighted by atomic mass is 32.2. The largest absolute Gasteiger partial charge is 0.497 e. The van der Waals surface area contributed by atoms with Gasteiger partial charge in [-0.1, -0.05) is 0 Å². The molecule has 2 atom stereocenters. The molecule has 0 saturated carbocycles. The van der Waals surface area contributed by atoms with E-state index in [9.17, 15) is 5.11 Å². The Balaban J connectivity index is 2.23. The molecule has 1 heterocycles. The van der Waals surface area contributed by atoms with Crippen molar-refractivity contribution < 1.29 is 19.3 Å². The van der Waals surface area contributed by atoms with E-state index in [1.165, 1.54) is 0 Å². The third-order valence-electron chi connectivity index (χ3n) is 2.95. The van der Waals surface area contributed by atoms with E-state index in [4.69, 9.17) is 14.2 Å². The van der Waals surface area contributed by atoms with Gasteiger partial charge in [-0.25, -0.2) is 0 Å². The maximum atomic E-state index is 10.4. The van der Waals surface area contributed by atoms with Crippen molar-refractivity contribution in [2.75, 3.05) is 32.3 Å². The molecule has 1 aromatic rings. The SMILES string of the molecule is COc1ccc(OC)c(C(O)C2CSCCO2)c1. The minimum absolute atomic E-state index is 0.190. The predicted octanol–water partition coefficient (Wildman–Crippen LogP) is 1.87. The fourth-order valence-corrected chi connectivity index (χ4v) is 2.85. The van der Waals surface area contributed by atoms with E-state index >= 15 is 0 Å². The first-order chi connectivity index (χ1) is 8.76. The summed E-state index contributed by atoms with van der Waals surface area (Å²) in [6.45, 7) is 0.679. The molecule has 0 bridgehead atoms. The van der Waals surface area contributed by atoms with E-state index in [-0.39, 0.29) is 6.10 Å². The molecule has 1 fully saturated rings. The minimum atomic E-state index is -0.692. The lowest BCUT2D eigenvalue weighted by molar-refractivity contribution is -0.0236. The van der Waals surface area contributed by atoms with E-state index in [2.05, 4.69) is 0 Å². The van der Waals surface area contributed by atoms with Crippen LogP contribution in [0.1, 0.15) is 11.7 Å². The van der Waals surface area contributed by atoms with Gasteiger partial charge in [0, 0.05) is 17.1 Å². The number of aliphatic hydroxyl groups is 1. The first kappa shape index (κ1) is 13.5. The van der Waals surface area contributed by atoms with Crippen molar-refractivity contribution in [3.63, 3.8) is 0 Å². The maximum absolute atomic E-state index is 10.4. The van der Waals surface area contributed by atoms with E-state index in [1.807, 2.05) is 6.07 Å². The number of rotatable bonds is 4. The molecule has 1 aliphatic rings. The second-order valence-electron chi connectivity index (χ2n) is 4.04. The average molecular weight is 270 g/mol. The lowest BCUT2D eigenvalue weighted by Crippen LogP contribution is -2.29. The molecule has 0 radical (unpaired) electrons. The zero-order chi connectivity index (χ0) is 13.0. The van der Waals surface area contributed by atoms with E-state index in [0.717, 1.165) is 11.5 Å². The first-order valence-electron chi connectivity index (χ1n) is 5.85. The summed E-state index contributed by atoms with van der Waals surface area (Å²) in [6, 6.07) is 5.41. The molecule has 0 aliphatic carbocycles. The molecule has 5 heteroatoms. The van der Waals surface area contributed by atoms with Gasteiger partial charge in [-0.3, -0.25) is 0 Å². The Hall–Kier alpha value is -0.910. The molecule has 1 N–H and O–H groups in total. The third kappa shape index (κ3) is 2.91. The van der Waals surface area contributed by atoms with Crippen LogP contribution in [0.25, 0.3) is 0 Å². The summed E-state index contributed by atoms with van der Waals surface area (Å²) < 4.78 is 16.1. The molecule has 2 rings (SSSR count). The van der Waals surface area contributed by atoms with E-state index in [1.54, 1.807) is 38.1 Å². The molecule has 4 nitrogen and oxygen atoms in total. The molecule has 18 heavy (non-hydrogen) atoms. The quantitative estimate of drug-likeness (QED) is 0.905. The van der Waals surface area contributed by atoms with Crippen molar-refractivity contribution in [3.8, 4) is 11.5 Å². The van der Waals surface area contributed by atoms with Crippen LogP contribution >= 0.6 is 11.8 Å². The number of hydrogen-bond acceptors (Lipinski definition) is 5. The van der Waals surface area contributed by atoms with Gasteiger partial charge in [0.15, 0.2) is 0 Å². The fraction of sp³-hybridized carbons (Fsp3) is 0.538. The summed E-state index contributed by atoms with van der Waals surface area (Å²) in [5.41, 5.74) is 0.712. The second kappa shape index (κ2) is 6.31. The van der Waals surface area contributed by atoms with Gasteiger partial charge >= 0.3 is 0 Å². The normalized spacial score (nSPS) is 21.4. The van der Waals surface area contributed by atoms with Gasteiger partial charge in [0.1, 0.15) is 17.6 Å². The van der Waals surface area contributed by atoms with Crippen molar-refractivity contribution >= 4 is 11.8 Å². The molecule has 0 amide bonds. The summed E-state index contributed by atoms with van der Waals surface area (Å²) in [7, 11) is 3.19. The molecule has 0 aromatic heterocycles. The highest BCUT2D eigenvalue weighted by molar-refractivity contribution is 7.99. The van der Waals surface area contributed by atoms with Crippen molar-refractivity contribution in [1.82, 2.24) is 0 Å². The Morgan fingerprint density at radius 2 is 2.22 bits per heavy atom. The van der Waals surface area contributed by atoms with Crippen LogP contribution in [0.3, 0.4) is 0 Å². The van der Waals surface area contributed by atoms with Crippen LogP contribution in [0.5, 0.6) is 11.5 Å². The van der Waals surface area contributed by atoms with E-state index in [0.29, 0.717) is 23.7 Å². The zero-order valence-electron chi connectivity index (χ0n) is 10.6. The summed E-state index contributed by atoms with van der Waals surface area (Å²) >= 11 is 1.79. The number of aliphatic hydroxyl groups excluding tert-OH is 1. The van der Waals surface area contributed by atoms with Crippen molar-refractivity contribution in [1.29, 1.82) is 0 Å². The number of thioether (sulfide) groups is 1. The summed E-state index contributed by atoms with van der Waals surface area (Å²) in [5, 5.41) is 10.4. The topological polar surface area (TPSA) is 47.9 Å². The second-order valence-corrected chi connectivity index (χ2v) is 5.19. The van der Waals surface area contributed by atoms with Crippen LogP contribution in [0, 0.1) is 0 Å². The first-order valence-corrected chi connectivity index (χ1v) is 7.01. The highest BCUT2D eigenvalue weighted by Gasteiger charge is 2.27. The molecule has 1 aliphatic heterocycles. The molecule has 100 valence electrons. The highest BCUT2D eigenvalue weighted by Crippen LogP contribution is 2.33. The maximum Gasteiger partial charge on any atom is 0.125 e. The lowest BCUT2D eigenvalue weighted by Gasteiger charge is -2.28. The molecular formula is C13H18O4S. The van der Waals surface area contributed by atoms with Crippen LogP contribution in [-0.2, 0) is 4.74 Å². The van der Waals surface area contributed by atoms with Crippen LogP contribution in [0.2, 0.25) is 0 Å². The Bertz CT molecular complexity index is 391. The molecule has 1 saturated heterocycles. The smallest absolute Gasteiger partial charge is 0.125 e. The Morgan fingerprint density at radius 3 is 2.83 bits per heavy atom. The summed E-state index contributed by atoms with van der Waals surface area (Å²) in [4.78, 5) is 0. The number of hydrogen-bond donors (Lipinski definition) is 1. The Labute approximate surface area is 111 Å².